The Hall–Kier alpha value is -3.84. The highest BCUT2D eigenvalue weighted by atomic mass is 32.2. The molecule has 0 amide bonds. The number of nitrogens with zero attached hydrogens (tertiary/aromatic N) is 2. The molecule has 3 aromatic rings. The largest absolute Gasteiger partial charge is 0.465 e. The summed E-state index contributed by atoms with van der Waals surface area (Å²) >= 11 is 0. The first kappa shape index (κ1) is 23.6. The number of pyridine rings is 1. The molecule has 0 saturated heterocycles. The molecule has 1 fully saturated rings. The van der Waals surface area contributed by atoms with Crippen LogP contribution in [0.25, 0.3) is 16.6 Å². The number of fused-ring (bicyclic) bond motifs is 1. The van der Waals surface area contributed by atoms with Crippen molar-refractivity contribution in [2.45, 2.75) is 43.4 Å². The molecule has 2 aromatic heterocycles. The van der Waals surface area contributed by atoms with E-state index in [4.69, 9.17) is 9.47 Å². The average Bonchev–Trinajstić information content (AvgIpc) is 3.61. The third-order valence-corrected chi connectivity index (χ3v) is 8.76. The third kappa shape index (κ3) is 4.55. The molecular formula is C30H28N2O4S. The van der Waals surface area contributed by atoms with Gasteiger partial charge in [-0.2, -0.15) is 0 Å². The van der Waals surface area contributed by atoms with Gasteiger partial charge in [0.2, 0.25) is 0 Å². The van der Waals surface area contributed by atoms with Gasteiger partial charge in [0.1, 0.15) is 12.5 Å². The van der Waals surface area contributed by atoms with Gasteiger partial charge in [-0.3, -0.25) is 0 Å². The highest BCUT2D eigenvalue weighted by Crippen LogP contribution is 2.39. The minimum atomic E-state index is -3.95. The van der Waals surface area contributed by atoms with Gasteiger partial charge in [0, 0.05) is 17.2 Å². The topological polar surface area (TPSA) is 70.4 Å². The molecule has 6 nitrogen and oxygen atoms in total. The lowest BCUT2D eigenvalue weighted by Gasteiger charge is -2.23. The maximum atomic E-state index is 14.0. The summed E-state index contributed by atoms with van der Waals surface area (Å²) < 4.78 is 41.6. The molecule has 2 aliphatic carbocycles. The SMILES string of the molecule is O=S(=O)(c1ccccc1)n1c(C(=CC2CCCC2)C2=COC=C(C3=CC=CCC3)O2)cc2cccnc21. The summed E-state index contributed by atoms with van der Waals surface area (Å²) in [4.78, 5) is 4.68. The Morgan fingerprint density at radius 3 is 2.68 bits per heavy atom. The average molecular weight is 513 g/mol. The zero-order chi connectivity index (χ0) is 25.2. The molecule has 0 unspecified atom stereocenters. The lowest BCUT2D eigenvalue weighted by atomic mass is 10.00. The molecule has 3 heterocycles. The monoisotopic (exact) mass is 512 g/mol. The molecule has 37 heavy (non-hydrogen) atoms. The van der Waals surface area contributed by atoms with Gasteiger partial charge in [-0.1, -0.05) is 55.3 Å². The van der Waals surface area contributed by atoms with Crippen LogP contribution in [0.3, 0.4) is 0 Å². The van der Waals surface area contributed by atoms with Crippen molar-refractivity contribution < 1.29 is 17.9 Å². The van der Waals surface area contributed by atoms with E-state index in [1.165, 1.54) is 3.97 Å². The lowest BCUT2D eigenvalue weighted by molar-refractivity contribution is 0.242. The first-order valence-electron chi connectivity index (χ1n) is 12.7. The number of aromatic nitrogens is 2. The normalized spacial score (nSPS) is 18.7. The Morgan fingerprint density at radius 2 is 1.89 bits per heavy atom. The molecule has 0 radical (unpaired) electrons. The summed E-state index contributed by atoms with van der Waals surface area (Å²) in [6.45, 7) is 0. The molecular weight excluding hydrogens is 484 g/mol. The fourth-order valence-corrected chi connectivity index (χ4v) is 6.69. The standard InChI is InChI=1S/C30H28N2O4S/c33-37(34,25-15-5-2-6-16-25)32-27(19-24-14-9-17-31-30(24)32)26(18-22-10-7-8-11-22)29-21-35-20-28(36-29)23-12-3-1-4-13-23/h1-3,5-6,9,12,14-22H,4,7-8,10-11,13H2. The van der Waals surface area contributed by atoms with E-state index < -0.39 is 10.0 Å². The second kappa shape index (κ2) is 9.90. The minimum absolute atomic E-state index is 0.203. The predicted octanol–water partition coefficient (Wildman–Crippen LogP) is 6.85. The highest BCUT2D eigenvalue weighted by Gasteiger charge is 2.30. The Kier molecular flexibility index (Phi) is 6.30. The molecule has 1 aromatic carbocycles. The van der Waals surface area contributed by atoms with E-state index in [2.05, 4.69) is 17.1 Å². The predicted molar refractivity (Wildman–Crippen MR) is 143 cm³/mol. The van der Waals surface area contributed by atoms with Crippen molar-refractivity contribution in [1.82, 2.24) is 8.96 Å². The van der Waals surface area contributed by atoms with Crippen LogP contribution in [-0.2, 0) is 19.5 Å². The van der Waals surface area contributed by atoms with Crippen LogP contribution in [0, 0.1) is 5.92 Å². The zero-order valence-electron chi connectivity index (χ0n) is 20.4. The van der Waals surface area contributed by atoms with Crippen LogP contribution in [0.4, 0.5) is 0 Å². The number of rotatable bonds is 6. The van der Waals surface area contributed by atoms with Crippen LogP contribution in [0.5, 0.6) is 0 Å². The number of hydrogen-bond acceptors (Lipinski definition) is 5. The maximum absolute atomic E-state index is 14.0. The van der Waals surface area contributed by atoms with Crippen molar-refractivity contribution in [1.29, 1.82) is 0 Å². The fourth-order valence-electron chi connectivity index (χ4n) is 5.19. The second-order valence-corrected chi connectivity index (χ2v) is 11.3. The van der Waals surface area contributed by atoms with Gasteiger partial charge in [-0.15, -0.1) is 0 Å². The second-order valence-electron chi connectivity index (χ2n) is 9.51. The van der Waals surface area contributed by atoms with E-state index in [1.54, 1.807) is 49.1 Å². The maximum Gasteiger partial charge on any atom is 0.269 e. The Balaban J connectivity index is 1.52. The third-order valence-electron chi connectivity index (χ3n) is 7.05. The summed E-state index contributed by atoms with van der Waals surface area (Å²) in [5.74, 6) is 1.46. The van der Waals surface area contributed by atoms with E-state index in [1.807, 2.05) is 30.4 Å². The number of hydrogen-bond donors (Lipinski definition) is 0. The van der Waals surface area contributed by atoms with Crippen LogP contribution in [0.15, 0.2) is 114 Å². The molecule has 0 N–H and O–H groups in total. The van der Waals surface area contributed by atoms with Crippen molar-refractivity contribution in [3.05, 3.63) is 114 Å². The summed E-state index contributed by atoms with van der Waals surface area (Å²) in [6, 6.07) is 14.1. The van der Waals surface area contributed by atoms with Gasteiger partial charge in [0.25, 0.3) is 10.0 Å². The van der Waals surface area contributed by atoms with Gasteiger partial charge in [0.05, 0.1) is 10.6 Å². The van der Waals surface area contributed by atoms with Crippen LogP contribution < -0.4 is 0 Å². The van der Waals surface area contributed by atoms with Crippen LogP contribution in [-0.4, -0.2) is 17.4 Å². The summed E-state index contributed by atoms with van der Waals surface area (Å²) in [6.07, 6.45) is 19.3. The van der Waals surface area contributed by atoms with Gasteiger partial charge in [0.15, 0.2) is 17.2 Å². The molecule has 0 bridgehead atoms. The zero-order valence-corrected chi connectivity index (χ0v) is 21.2. The van der Waals surface area contributed by atoms with Crippen molar-refractivity contribution >= 4 is 26.6 Å². The van der Waals surface area contributed by atoms with Crippen molar-refractivity contribution in [2.75, 3.05) is 0 Å². The van der Waals surface area contributed by atoms with Gasteiger partial charge < -0.3 is 9.47 Å². The molecule has 188 valence electrons. The number of ether oxygens (including phenoxy) is 2. The first-order valence-corrected chi connectivity index (χ1v) is 14.1. The fraction of sp³-hybridized carbons (Fsp3) is 0.233. The van der Waals surface area contributed by atoms with E-state index in [9.17, 15) is 8.42 Å². The van der Waals surface area contributed by atoms with Gasteiger partial charge in [-0.05, 0) is 67.5 Å². The molecule has 0 spiro atoms. The quantitative estimate of drug-likeness (QED) is 0.361. The van der Waals surface area contributed by atoms with Crippen LogP contribution in [0.2, 0.25) is 0 Å². The van der Waals surface area contributed by atoms with E-state index in [0.717, 1.165) is 49.5 Å². The minimum Gasteiger partial charge on any atom is -0.465 e. The number of benzene rings is 1. The van der Waals surface area contributed by atoms with Crippen molar-refractivity contribution in [2.24, 2.45) is 5.92 Å². The van der Waals surface area contributed by atoms with Crippen molar-refractivity contribution in [3.63, 3.8) is 0 Å². The molecule has 3 aliphatic rings. The summed E-state index contributed by atoms with van der Waals surface area (Å²) in [5, 5.41) is 0.738. The molecule has 6 rings (SSSR count). The van der Waals surface area contributed by atoms with Crippen molar-refractivity contribution in [3.8, 4) is 0 Å². The summed E-state index contributed by atoms with van der Waals surface area (Å²) in [7, 11) is -3.95. The smallest absolute Gasteiger partial charge is 0.269 e. The van der Waals surface area contributed by atoms with E-state index in [0.29, 0.717) is 34.4 Å². The van der Waals surface area contributed by atoms with Gasteiger partial charge >= 0.3 is 0 Å². The number of allylic oxidation sites excluding steroid dienone is 6. The molecule has 1 aliphatic heterocycles. The van der Waals surface area contributed by atoms with E-state index in [-0.39, 0.29) is 4.90 Å². The molecule has 1 saturated carbocycles. The summed E-state index contributed by atoms with van der Waals surface area (Å²) in [5.41, 5.74) is 2.64. The van der Waals surface area contributed by atoms with Crippen LogP contribution in [0.1, 0.15) is 44.2 Å². The Morgan fingerprint density at radius 1 is 1.05 bits per heavy atom. The van der Waals surface area contributed by atoms with Gasteiger partial charge in [-0.25, -0.2) is 17.4 Å². The first-order chi connectivity index (χ1) is 18.1. The molecule has 0 atom stereocenters. The lowest BCUT2D eigenvalue weighted by Crippen LogP contribution is -2.17. The molecule has 7 heteroatoms. The van der Waals surface area contributed by atoms with Crippen LogP contribution >= 0.6 is 0 Å². The highest BCUT2D eigenvalue weighted by molar-refractivity contribution is 7.90. The Labute approximate surface area is 217 Å². The van der Waals surface area contributed by atoms with E-state index >= 15 is 0 Å². The Bertz CT molecular complexity index is 1580.